The number of piperidine rings is 2. The molecule has 0 spiro atoms. The smallest absolute Gasteiger partial charge is 0.410 e. The van der Waals surface area contributed by atoms with Crippen molar-refractivity contribution in [2.24, 2.45) is 5.92 Å². The van der Waals surface area contributed by atoms with Gasteiger partial charge in [-0.2, -0.15) is 0 Å². The Morgan fingerprint density at radius 1 is 0.974 bits per heavy atom. The van der Waals surface area contributed by atoms with Gasteiger partial charge in [-0.05, 0) is 49.3 Å². The van der Waals surface area contributed by atoms with Crippen LogP contribution in [-0.4, -0.2) is 96.9 Å². The van der Waals surface area contributed by atoms with Crippen LogP contribution in [0.4, 0.5) is 15.0 Å². The maximum atomic E-state index is 15.8. The van der Waals surface area contributed by atoms with Gasteiger partial charge < -0.3 is 19.4 Å². The van der Waals surface area contributed by atoms with Crippen LogP contribution in [0.25, 0.3) is 0 Å². The Kier molecular flexibility index (Phi) is 9.17. The normalized spacial score (nSPS) is 21.4. The summed E-state index contributed by atoms with van der Waals surface area (Å²) in [5.41, 5.74) is -0.157. The van der Waals surface area contributed by atoms with Gasteiger partial charge in [-0.25, -0.2) is 14.2 Å². The van der Waals surface area contributed by atoms with E-state index in [0.717, 1.165) is 61.4 Å². The number of likely N-dealkylation sites (tertiary alicyclic amines) is 1. The predicted octanol–water partition coefficient (Wildman–Crippen LogP) is 4.82. The number of hydrogen-bond acceptors (Lipinski definition) is 6. The second-order valence-electron chi connectivity index (χ2n) is 11.0. The number of piperazine rings is 1. The molecule has 206 valence electrons. The van der Waals surface area contributed by atoms with Gasteiger partial charge in [0.15, 0.2) is 0 Å². The molecule has 0 bridgehead atoms. The number of pyridine rings is 1. The molecule has 5 rings (SSSR count). The van der Waals surface area contributed by atoms with E-state index in [-0.39, 0.29) is 12.7 Å². The molecule has 3 aliphatic heterocycles. The summed E-state index contributed by atoms with van der Waals surface area (Å²) < 4.78 is 22.3. The second kappa shape index (κ2) is 12.7. The summed E-state index contributed by atoms with van der Waals surface area (Å²) in [6.45, 7) is 8.10. The number of alkyl halides is 1. The summed E-state index contributed by atoms with van der Waals surface area (Å²) in [4.78, 5) is 25.7. The van der Waals surface area contributed by atoms with E-state index in [9.17, 15) is 4.79 Å². The van der Waals surface area contributed by atoms with Crippen LogP contribution in [0.5, 0.6) is 0 Å². The lowest BCUT2D eigenvalue weighted by molar-refractivity contribution is 0.00453. The van der Waals surface area contributed by atoms with Gasteiger partial charge >= 0.3 is 6.09 Å². The number of anilines is 1. The van der Waals surface area contributed by atoms with Gasteiger partial charge in [-0.1, -0.05) is 46.3 Å². The molecule has 3 saturated heterocycles. The van der Waals surface area contributed by atoms with Gasteiger partial charge in [0.05, 0.1) is 0 Å². The predicted molar refractivity (Wildman–Crippen MR) is 151 cm³/mol. The lowest BCUT2D eigenvalue weighted by atomic mass is 9.90. The van der Waals surface area contributed by atoms with Crippen molar-refractivity contribution in [2.75, 3.05) is 70.3 Å². The number of carbonyl (C=O) groups excluding carboxylic acids is 1. The second-order valence-corrected chi connectivity index (χ2v) is 11.9. The van der Waals surface area contributed by atoms with E-state index in [1.54, 1.807) is 4.90 Å². The molecule has 3 fully saturated rings. The molecule has 1 aromatic heterocycles. The zero-order chi connectivity index (χ0) is 26.4. The number of halogens is 2. The van der Waals surface area contributed by atoms with Crippen molar-refractivity contribution in [1.82, 2.24) is 19.7 Å². The number of ether oxygens (including phenoxy) is 1. The molecule has 4 heterocycles. The van der Waals surface area contributed by atoms with Crippen molar-refractivity contribution in [3.8, 4) is 0 Å². The molecule has 0 N–H and O–H groups in total. The average molecular weight is 589 g/mol. The number of nitrogens with zero attached hydrogens (tertiary/aromatic N) is 5. The van der Waals surface area contributed by atoms with Crippen LogP contribution < -0.4 is 4.90 Å². The zero-order valence-corrected chi connectivity index (χ0v) is 23.7. The Labute approximate surface area is 234 Å². The van der Waals surface area contributed by atoms with Crippen molar-refractivity contribution in [2.45, 2.75) is 38.0 Å². The van der Waals surface area contributed by atoms with E-state index in [1.165, 1.54) is 0 Å². The SMILES string of the molecule is O=C(OCc1ccccc1)N1CCN(CC2(F)CCN(CC3CCN(c4cc(Br)ccn4)CC3)CC2)CC1. The van der Waals surface area contributed by atoms with Crippen molar-refractivity contribution in [3.05, 3.63) is 58.7 Å². The fourth-order valence-corrected chi connectivity index (χ4v) is 6.19. The van der Waals surface area contributed by atoms with E-state index in [1.807, 2.05) is 42.6 Å². The molecule has 0 unspecified atom stereocenters. The number of amides is 1. The molecular formula is C29H39BrFN5O2. The van der Waals surface area contributed by atoms with Gasteiger partial charge in [-0.15, -0.1) is 0 Å². The fourth-order valence-electron chi connectivity index (χ4n) is 5.87. The van der Waals surface area contributed by atoms with E-state index in [0.29, 0.717) is 51.5 Å². The Hall–Kier alpha value is -2.23. The highest BCUT2D eigenvalue weighted by molar-refractivity contribution is 9.10. The molecule has 3 aliphatic rings. The Morgan fingerprint density at radius 3 is 2.37 bits per heavy atom. The molecule has 0 radical (unpaired) electrons. The van der Waals surface area contributed by atoms with E-state index in [2.05, 4.69) is 41.7 Å². The molecular weight excluding hydrogens is 549 g/mol. The molecule has 9 heteroatoms. The third kappa shape index (κ3) is 7.45. The van der Waals surface area contributed by atoms with Crippen molar-refractivity contribution in [3.63, 3.8) is 0 Å². The zero-order valence-electron chi connectivity index (χ0n) is 22.1. The third-order valence-electron chi connectivity index (χ3n) is 8.26. The minimum atomic E-state index is -1.14. The lowest BCUT2D eigenvalue weighted by Crippen LogP contribution is -2.54. The lowest BCUT2D eigenvalue weighted by Gasteiger charge is -2.43. The van der Waals surface area contributed by atoms with E-state index >= 15 is 4.39 Å². The first-order valence-corrected chi connectivity index (χ1v) is 14.7. The molecule has 1 amide bonds. The van der Waals surface area contributed by atoms with Gasteiger partial charge in [0, 0.05) is 76.1 Å². The fraction of sp³-hybridized carbons (Fsp3) is 0.586. The first kappa shape index (κ1) is 27.3. The van der Waals surface area contributed by atoms with Gasteiger partial charge in [0.2, 0.25) is 0 Å². The number of benzene rings is 1. The Morgan fingerprint density at radius 2 is 1.68 bits per heavy atom. The first-order valence-electron chi connectivity index (χ1n) is 13.9. The van der Waals surface area contributed by atoms with Crippen LogP contribution in [0.2, 0.25) is 0 Å². The molecule has 0 atom stereocenters. The largest absolute Gasteiger partial charge is 0.445 e. The van der Waals surface area contributed by atoms with Crippen molar-refractivity contribution >= 4 is 27.8 Å². The monoisotopic (exact) mass is 587 g/mol. The van der Waals surface area contributed by atoms with Gasteiger partial charge in [0.1, 0.15) is 18.1 Å². The number of rotatable bonds is 7. The van der Waals surface area contributed by atoms with Crippen LogP contribution in [0.15, 0.2) is 53.1 Å². The standard InChI is InChI=1S/C29H39BrFN5O2/c30-26-6-11-32-27(20-26)35-12-7-24(8-13-35)21-33-14-9-29(31,10-15-33)23-34-16-18-36(19-17-34)28(37)38-22-25-4-2-1-3-5-25/h1-6,11,20,24H,7-10,12-19,21-23H2. The molecule has 1 aromatic carbocycles. The summed E-state index contributed by atoms with van der Waals surface area (Å²) in [5, 5.41) is 0. The Balaban J connectivity index is 0.985. The first-order chi connectivity index (χ1) is 18.5. The van der Waals surface area contributed by atoms with Crippen LogP contribution >= 0.6 is 15.9 Å². The van der Waals surface area contributed by atoms with Gasteiger partial charge in [-0.3, -0.25) is 4.90 Å². The minimum absolute atomic E-state index is 0.282. The maximum Gasteiger partial charge on any atom is 0.410 e. The molecule has 0 aliphatic carbocycles. The maximum absolute atomic E-state index is 15.8. The van der Waals surface area contributed by atoms with Crippen LogP contribution in [0.3, 0.4) is 0 Å². The molecule has 7 nitrogen and oxygen atoms in total. The van der Waals surface area contributed by atoms with Crippen LogP contribution in [0, 0.1) is 5.92 Å². The van der Waals surface area contributed by atoms with E-state index in [4.69, 9.17) is 4.74 Å². The molecule has 2 aromatic rings. The number of carbonyl (C=O) groups is 1. The van der Waals surface area contributed by atoms with E-state index < -0.39 is 5.67 Å². The van der Waals surface area contributed by atoms with Crippen molar-refractivity contribution in [1.29, 1.82) is 0 Å². The summed E-state index contributed by atoms with van der Waals surface area (Å²) in [6.07, 6.45) is 5.06. The average Bonchev–Trinajstić information content (AvgIpc) is 2.94. The number of hydrogen-bond donors (Lipinski definition) is 0. The minimum Gasteiger partial charge on any atom is -0.445 e. The highest BCUT2D eigenvalue weighted by Gasteiger charge is 2.38. The molecule has 38 heavy (non-hydrogen) atoms. The topological polar surface area (TPSA) is 52.2 Å². The highest BCUT2D eigenvalue weighted by atomic mass is 79.9. The quantitative estimate of drug-likeness (QED) is 0.463. The van der Waals surface area contributed by atoms with Gasteiger partial charge in [0.25, 0.3) is 0 Å². The van der Waals surface area contributed by atoms with Crippen molar-refractivity contribution < 1.29 is 13.9 Å². The van der Waals surface area contributed by atoms with Crippen LogP contribution in [0.1, 0.15) is 31.2 Å². The number of aromatic nitrogens is 1. The van der Waals surface area contributed by atoms with Crippen LogP contribution in [-0.2, 0) is 11.3 Å². The molecule has 0 saturated carbocycles. The third-order valence-corrected chi connectivity index (χ3v) is 8.75. The Bertz CT molecular complexity index is 1040. The summed E-state index contributed by atoms with van der Waals surface area (Å²) in [6, 6.07) is 13.8. The highest BCUT2D eigenvalue weighted by Crippen LogP contribution is 2.30. The summed E-state index contributed by atoms with van der Waals surface area (Å²) >= 11 is 3.54. The summed E-state index contributed by atoms with van der Waals surface area (Å²) in [5.74, 6) is 1.71. The summed E-state index contributed by atoms with van der Waals surface area (Å²) in [7, 11) is 0.